The van der Waals surface area contributed by atoms with Crippen molar-refractivity contribution in [1.29, 1.82) is 0 Å². The molecule has 0 bridgehead atoms. The van der Waals surface area contributed by atoms with E-state index in [1.54, 1.807) is 0 Å². The standard InChI is InChI=1S/C18H17ClN4/c19-15-8-4-5-13(9-15)16-10-17(23-12-22-16)18(21,11-20)14-6-2-1-3-7-14/h1-10,12H,11,20-21H2. The van der Waals surface area contributed by atoms with Crippen molar-refractivity contribution < 1.29 is 0 Å². The number of nitrogens with two attached hydrogens (primary N) is 2. The Hall–Kier alpha value is -2.27. The molecular formula is C18H17ClN4. The van der Waals surface area contributed by atoms with Crippen LogP contribution in [-0.2, 0) is 5.54 Å². The number of aromatic nitrogens is 2. The van der Waals surface area contributed by atoms with Crippen molar-refractivity contribution in [3.8, 4) is 11.3 Å². The van der Waals surface area contributed by atoms with Crippen molar-refractivity contribution >= 4 is 11.6 Å². The molecule has 0 saturated heterocycles. The first-order valence-corrected chi connectivity index (χ1v) is 7.64. The molecule has 116 valence electrons. The van der Waals surface area contributed by atoms with Crippen LogP contribution in [0.4, 0.5) is 0 Å². The number of nitrogens with zero attached hydrogens (tertiary/aromatic N) is 2. The topological polar surface area (TPSA) is 77.8 Å². The van der Waals surface area contributed by atoms with E-state index in [9.17, 15) is 0 Å². The summed E-state index contributed by atoms with van der Waals surface area (Å²) < 4.78 is 0. The third kappa shape index (κ3) is 3.10. The molecule has 0 aliphatic carbocycles. The fourth-order valence-corrected chi connectivity index (χ4v) is 2.70. The van der Waals surface area contributed by atoms with Crippen LogP contribution in [0, 0.1) is 0 Å². The molecule has 0 fully saturated rings. The van der Waals surface area contributed by atoms with Crippen LogP contribution in [0.3, 0.4) is 0 Å². The lowest BCUT2D eigenvalue weighted by Gasteiger charge is -2.28. The summed E-state index contributed by atoms with van der Waals surface area (Å²) in [5, 5.41) is 0.656. The molecule has 1 unspecified atom stereocenters. The molecule has 1 heterocycles. The van der Waals surface area contributed by atoms with Gasteiger partial charge in [0.15, 0.2) is 0 Å². The highest BCUT2D eigenvalue weighted by molar-refractivity contribution is 6.30. The Bertz CT molecular complexity index is 807. The van der Waals surface area contributed by atoms with Gasteiger partial charge in [0.25, 0.3) is 0 Å². The molecule has 0 saturated carbocycles. The number of benzene rings is 2. The Morgan fingerprint density at radius 3 is 2.43 bits per heavy atom. The number of halogens is 1. The lowest BCUT2D eigenvalue weighted by atomic mass is 9.87. The van der Waals surface area contributed by atoms with Gasteiger partial charge in [-0.1, -0.05) is 54.1 Å². The predicted molar refractivity (Wildman–Crippen MR) is 92.9 cm³/mol. The van der Waals surface area contributed by atoms with Gasteiger partial charge in [0.05, 0.1) is 16.9 Å². The molecule has 5 heteroatoms. The highest BCUT2D eigenvalue weighted by Gasteiger charge is 2.30. The fraction of sp³-hybridized carbons (Fsp3) is 0.111. The van der Waals surface area contributed by atoms with Gasteiger partial charge in [-0.3, -0.25) is 0 Å². The Morgan fingerprint density at radius 1 is 0.957 bits per heavy atom. The maximum absolute atomic E-state index is 6.58. The van der Waals surface area contributed by atoms with Gasteiger partial charge in [0.2, 0.25) is 0 Å². The summed E-state index contributed by atoms with van der Waals surface area (Å²) in [6.45, 7) is 0.239. The molecule has 0 radical (unpaired) electrons. The zero-order valence-corrected chi connectivity index (χ0v) is 13.2. The first kappa shape index (κ1) is 15.6. The lowest BCUT2D eigenvalue weighted by Crippen LogP contribution is -2.45. The van der Waals surface area contributed by atoms with E-state index in [4.69, 9.17) is 23.1 Å². The van der Waals surface area contributed by atoms with Crippen molar-refractivity contribution in [1.82, 2.24) is 9.97 Å². The van der Waals surface area contributed by atoms with Crippen molar-refractivity contribution in [2.24, 2.45) is 11.5 Å². The van der Waals surface area contributed by atoms with Gasteiger partial charge in [-0.05, 0) is 23.8 Å². The van der Waals surface area contributed by atoms with Crippen LogP contribution in [-0.4, -0.2) is 16.5 Å². The zero-order chi connectivity index (χ0) is 16.3. The Labute approximate surface area is 140 Å². The number of rotatable bonds is 4. The van der Waals surface area contributed by atoms with E-state index in [1.165, 1.54) is 6.33 Å². The fourth-order valence-electron chi connectivity index (χ4n) is 2.51. The van der Waals surface area contributed by atoms with E-state index in [2.05, 4.69) is 9.97 Å². The highest BCUT2D eigenvalue weighted by Crippen LogP contribution is 2.27. The molecule has 3 aromatic rings. The maximum Gasteiger partial charge on any atom is 0.116 e. The quantitative estimate of drug-likeness (QED) is 0.773. The molecule has 23 heavy (non-hydrogen) atoms. The summed E-state index contributed by atoms with van der Waals surface area (Å²) in [6, 6.07) is 19.1. The summed E-state index contributed by atoms with van der Waals surface area (Å²) in [5.41, 5.74) is 15.0. The molecule has 4 N–H and O–H groups in total. The van der Waals surface area contributed by atoms with Gasteiger partial charge in [-0.25, -0.2) is 9.97 Å². The summed E-state index contributed by atoms with van der Waals surface area (Å²) in [6.07, 6.45) is 1.51. The maximum atomic E-state index is 6.58. The number of hydrogen-bond donors (Lipinski definition) is 2. The number of hydrogen-bond acceptors (Lipinski definition) is 4. The second-order valence-corrected chi connectivity index (χ2v) is 5.78. The van der Waals surface area contributed by atoms with Crippen molar-refractivity contribution in [2.75, 3.05) is 6.54 Å². The molecule has 0 amide bonds. The molecule has 2 aromatic carbocycles. The predicted octanol–water partition coefficient (Wildman–Crippen LogP) is 2.96. The third-order valence-corrected chi connectivity index (χ3v) is 4.09. The SMILES string of the molecule is NCC(N)(c1ccccc1)c1cc(-c2cccc(Cl)c2)ncn1. The van der Waals surface area contributed by atoms with E-state index < -0.39 is 5.54 Å². The van der Waals surface area contributed by atoms with Crippen LogP contribution in [0.5, 0.6) is 0 Å². The van der Waals surface area contributed by atoms with E-state index in [-0.39, 0.29) is 6.54 Å². The van der Waals surface area contributed by atoms with Crippen molar-refractivity contribution in [2.45, 2.75) is 5.54 Å². The van der Waals surface area contributed by atoms with Crippen LogP contribution in [0.1, 0.15) is 11.3 Å². The average molecular weight is 325 g/mol. The minimum absolute atomic E-state index is 0.239. The minimum atomic E-state index is -0.864. The summed E-state index contributed by atoms with van der Waals surface area (Å²) in [5.74, 6) is 0. The molecule has 0 aliphatic rings. The van der Waals surface area contributed by atoms with Crippen LogP contribution >= 0.6 is 11.6 Å². The van der Waals surface area contributed by atoms with Crippen molar-refractivity contribution in [3.05, 3.63) is 83.3 Å². The smallest absolute Gasteiger partial charge is 0.116 e. The monoisotopic (exact) mass is 324 g/mol. The van der Waals surface area contributed by atoms with E-state index in [0.717, 1.165) is 16.8 Å². The zero-order valence-electron chi connectivity index (χ0n) is 12.5. The highest BCUT2D eigenvalue weighted by atomic mass is 35.5. The molecule has 0 spiro atoms. The Morgan fingerprint density at radius 2 is 1.74 bits per heavy atom. The van der Waals surface area contributed by atoms with Gasteiger partial charge in [-0.2, -0.15) is 0 Å². The van der Waals surface area contributed by atoms with Gasteiger partial charge in [0.1, 0.15) is 6.33 Å². The largest absolute Gasteiger partial charge is 0.328 e. The minimum Gasteiger partial charge on any atom is -0.328 e. The Kier molecular flexibility index (Phi) is 4.39. The van der Waals surface area contributed by atoms with Gasteiger partial charge < -0.3 is 11.5 Å². The molecule has 1 atom stereocenters. The lowest BCUT2D eigenvalue weighted by molar-refractivity contribution is 0.533. The van der Waals surface area contributed by atoms with E-state index in [1.807, 2.05) is 60.7 Å². The molecule has 3 rings (SSSR count). The van der Waals surface area contributed by atoms with Crippen molar-refractivity contribution in [3.63, 3.8) is 0 Å². The van der Waals surface area contributed by atoms with Crippen LogP contribution in [0.2, 0.25) is 5.02 Å². The summed E-state index contributed by atoms with van der Waals surface area (Å²) in [7, 11) is 0. The van der Waals surface area contributed by atoms with E-state index in [0.29, 0.717) is 10.7 Å². The van der Waals surface area contributed by atoms with Gasteiger partial charge in [0, 0.05) is 17.1 Å². The molecule has 0 aliphatic heterocycles. The first-order chi connectivity index (χ1) is 11.1. The van der Waals surface area contributed by atoms with Gasteiger partial charge in [-0.15, -0.1) is 0 Å². The van der Waals surface area contributed by atoms with Gasteiger partial charge >= 0.3 is 0 Å². The van der Waals surface area contributed by atoms with Crippen LogP contribution < -0.4 is 11.5 Å². The Balaban J connectivity index is 2.08. The second kappa shape index (κ2) is 6.46. The molecular weight excluding hydrogens is 308 g/mol. The molecule has 1 aromatic heterocycles. The normalized spacial score (nSPS) is 13.5. The van der Waals surface area contributed by atoms with Crippen LogP contribution in [0.25, 0.3) is 11.3 Å². The second-order valence-electron chi connectivity index (χ2n) is 5.34. The average Bonchev–Trinajstić information content (AvgIpc) is 2.62. The summed E-state index contributed by atoms with van der Waals surface area (Å²) >= 11 is 6.06. The summed E-state index contributed by atoms with van der Waals surface area (Å²) in [4.78, 5) is 8.68. The first-order valence-electron chi connectivity index (χ1n) is 7.26. The van der Waals surface area contributed by atoms with Crippen LogP contribution in [0.15, 0.2) is 67.0 Å². The van der Waals surface area contributed by atoms with E-state index >= 15 is 0 Å². The molecule has 4 nitrogen and oxygen atoms in total. The third-order valence-electron chi connectivity index (χ3n) is 3.86.